The number of piperidine rings is 1. The van der Waals surface area contributed by atoms with Crippen molar-refractivity contribution in [3.63, 3.8) is 0 Å². The number of rotatable bonds is 10. The molecule has 0 aromatic carbocycles. The number of amides is 1. The highest BCUT2D eigenvalue weighted by Crippen LogP contribution is 2.51. The van der Waals surface area contributed by atoms with Gasteiger partial charge in [0.15, 0.2) is 6.04 Å². The van der Waals surface area contributed by atoms with Gasteiger partial charge >= 0.3 is 5.97 Å². The first kappa shape index (κ1) is 24.7. The third-order valence-corrected chi connectivity index (χ3v) is 9.84. The lowest BCUT2D eigenvalue weighted by Gasteiger charge is -2.41. The first-order valence-electron chi connectivity index (χ1n) is 11.5. The van der Waals surface area contributed by atoms with Crippen LogP contribution >= 0.6 is 23.5 Å². The fourth-order valence-corrected chi connectivity index (χ4v) is 7.74. The summed E-state index contributed by atoms with van der Waals surface area (Å²) < 4.78 is -0.492. The minimum absolute atomic E-state index is 0.153. The highest BCUT2D eigenvalue weighted by Gasteiger charge is 2.63. The van der Waals surface area contributed by atoms with Crippen LogP contribution in [0.2, 0.25) is 0 Å². The molecule has 3 heterocycles. The molecule has 1 amide bonds. The fourth-order valence-electron chi connectivity index (χ4n) is 4.84. The van der Waals surface area contributed by atoms with Crippen molar-refractivity contribution < 1.29 is 14.7 Å². The Morgan fingerprint density at radius 3 is 2.58 bits per heavy atom. The number of aliphatic carboxylic acids is 1. The summed E-state index contributed by atoms with van der Waals surface area (Å²) in [7, 11) is 0. The summed E-state index contributed by atoms with van der Waals surface area (Å²) in [4.78, 5) is 35.0. The zero-order valence-electron chi connectivity index (χ0n) is 19.5. The molecular weight excluding hydrogens is 432 g/mol. The molecule has 0 aliphatic carbocycles. The molecule has 3 fully saturated rings. The Bertz CT molecular complexity index is 678. The molecule has 7 nitrogen and oxygen atoms in total. The lowest BCUT2D eigenvalue weighted by atomic mass is 9.94. The second-order valence-corrected chi connectivity index (χ2v) is 12.5. The first-order valence-corrected chi connectivity index (χ1v) is 13.5. The molecule has 0 aromatic rings. The third-order valence-electron chi connectivity index (χ3n) is 6.96. The van der Waals surface area contributed by atoms with Crippen molar-refractivity contribution in [1.29, 1.82) is 0 Å². The summed E-state index contributed by atoms with van der Waals surface area (Å²) in [6.45, 7) is 16.0. The molecule has 176 valence electrons. The molecule has 31 heavy (non-hydrogen) atoms. The van der Waals surface area contributed by atoms with Gasteiger partial charge in [-0.05, 0) is 45.7 Å². The van der Waals surface area contributed by atoms with E-state index >= 15 is 0 Å². The molecule has 3 rings (SSSR count). The van der Waals surface area contributed by atoms with E-state index in [0.29, 0.717) is 5.25 Å². The number of thioether (sulfide) groups is 2. The molecule has 3 aliphatic heterocycles. The normalized spacial score (nSPS) is 29.5. The molecule has 0 bridgehead atoms. The van der Waals surface area contributed by atoms with Crippen LogP contribution in [0.3, 0.4) is 0 Å². The average molecular weight is 471 g/mol. The summed E-state index contributed by atoms with van der Waals surface area (Å²) >= 11 is 3.65. The number of carbonyl (C=O) groups excluding carboxylic acids is 1. The van der Waals surface area contributed by atoms with Gasteiger partial charge in [-0.1, -0.05) is 20.8 Å². The number of carbonyl (C=O) groups is 2. The zero-order valence-corrected chi connectivity index (χ0v) is 21.1. The summed E-state index contributed by atoms with van der Waals surface area (Å²) in [5.74, 6) is 0.842. The van der Waals surface area contributed by atoms with E-state index in [9.17, 15) is 14.7 Å². The number of hydrogen-bond acceptors (Lipinski definition) is 6. The van der Waals surface area contributed by atoms with Crippen molar-refractivity contribution in [2.75, 3.05) is 38.5 Å². The number of β-lactam (4-membered cyclic amide) rings is 1. The zero-order chi connectivity index (χ0) is 22.8. The molecule has 0 radical (unpaired) electrons. The van der Waals surface area contributed by atoms with Crippen LogP contribution in [-0.2, 0) is 9.59 Å². The van der Waals surface area contributed by atoms with Gasteiger partial charge in [0, 0.05) is 35.4 Å². The molecule has 0 spiro atoms. The molecule has 1 unspecified atom stereocenters. The van der Waals surface area contributed by atoms with Crippen molar-refractivity contribution in [2.45, 2.75) is 74.9 Å². The number of likely N-dealkylation sites (tertiary alicyclic amines) is 1. The summed E-state index contributed by atoms with van der Waals surface area (Å²) in [6, 6.07) is -1.21. The van der Waals surface area contributed by atoms with Crippen LogP contribution < -0.4 is 0 Å². The standard InChI is InChI=1S/C22H38N4O3S2/c1-6-24(7-2)12-13-30-15(3)16-8-10-25(11-9-16)14-23-17-19(27)26-18(21(28)29)22(4,5)31-20(17)26/h14-18,20H,6-13H2,1-5H3,(H,28,29)/t15?,17-,18+,20-/m1/s1. The summed E-state index contributed by atoms with van der Waals surface area (Å²) in [5.41, 5.74) is 0. The van der Waals surface area contributed by atoms with Crippen LogP contribution in [0.1, 0.15) is 47.5 Å². The monoisotopic (exact) mass is 470 g/mol. The first-order chi connectivity index (χ1) is 14.7. The Morgan fingerprint density at radius 2 is 2.00 bits per heavy atom. The Labute approximate surface area is 195 Å². The van der Waals surface area contributed by atoms with E-state index in [1.54, 1.807) is 11.8 Å². The van der Waals surface area contributed by atoms with E-state index in [2.05, 4.69) is 47.3 Å². The van der Waals surface area contributed by atoms with Crippen molar-refractivity contribution in [2.24, 2.45) is 10.9 Å². The maximum atomic E-state index is 12.6. The van der Waals surface area contributed by atoms with Gasteiger partial charge in [0.2, 0.25) is 0 Å². The van der Waals surface area contributed by atoms with Crippen LogP contribution in [-0.4, -0.2) is 104 Å². The highest BCUT2D eigenvalue weighted by atomic mass is 32.2. The SMILES string of the molecule is CCN(CC)CCSC(C)C1CCN(C=N[C@@H]2C(=O)N3[C@@H]2SC(C)(C)[C@@H]3C(=O)O)CC1. The van der Waals surface area contributed by atoms with Crippen LogP contribution in [0.5, 0.6) is 0 Å². The van der Waals surface area contributed by atoms with Gasteiger partial charge in [0.1, 0.15) is 11.4 Å². The van der Waals surface area contributed by atoms with Gasteiger partial charge in [0.25, 0.3) is 5.91 Å². The van der Waals surface area contributed by atoms with E-state index in [-0.39, 0.29) is 11.3 Å². The molecule has 3 saturated heterocycles. The van der Waals surface area contributed by atoms with Crippen molar-refractivity contribution in [1.82, 2.24) is 14.7 Å². The Morgan fingerprint density at radius 1 is 1.35 bits per heavy atom. The van der Waals surface area contributed by atoms with E-state index in [1.807, 2.05) is 20.2 Å². The van der Waals surface area contributed by atoms with Gasteiger partial charge < -0.3 is 19.8 Å². The molecule has 4 atom stereocenters. The van der Waals surface area contributed by atoms with E-state index in [1.165, 1.54) is 17.2 Å². The molecule has 1 N–H and O–H groups in total. The average Bonchev–Trinajstić information content (AvgIpc) is 2.99. The quantitative estimate of drug-likeness (QED) is 0.299. The second kappa shape index (κ2) is 10.3. The lowest BCUT2D eigenvalue weighted by molar-refractivity contribution is -0.158. The van der Waals surface area contributed by atoms with Crippen LogP contribution in [0, 0.1) is 5.92 Å². The second-order valence-electron chi connectivity index (χ2n) is 9.28. The largest absolute Gasteiger partial charge is 0.480 e. The number of nitrogens with zero attached hydrogens (tertiary/aromatic N) is 4. The lowest BCUT2D eigenvalue weighted by Crippen LogP contribution is -2.65. The predicted octanol–water partition coefficient (Wildman–Crippen LogP) is 2.71. The van der Waals surface area contributed by atoms with Crippen LogP contribution in [0.4, 0.5) is 0 Å². The van der Waals surface area contributed by atoms with Gasteiger partial charge in [0.05, 0.1) is 6.34 Å². The topological polar surface area (TPSA) is 76.5 Å². The molecule has 0 saturated carbocycles. The van der Waals surface area contributed by atoms with Gasteiger partial charge in [-0.15, -0.1) is 11.8 Å². The van der Waals surface area contributed by atoms with Crippen molar-refractivity contribution in [3.05, 3.63) is 0 Å². The molecule has 3 aliphatic rings. The minimum atomic E-state index is -0.929. The Hall–Kier alpha value is -0.930. The van der Waals surface area contributed by atoms with E-state index < -0.39 is 22.8 Å². The highest BCUT2D eigenvalue weighted by molar-refractivity contribution is 8.01. The number of hydrogen-bond donors (Lipinski definition) is 1. The maximum Gasteiger partial charge on any atom is 0.327 e. The number of carboxylic acid groups (broad SMARTS) is 1. The number of fused-ring (bicyclic) bond motifs is 1. The maximum absolute atomic E-state index is 12.6. The van der Waals surface area contributed by atoms with Crippen molar-refractivity contribution in [3.8, 4) is 0 Å². The predicted molar refractivity (Wildman–Crippen MR) is 130 cm³/mol. The number of carboxylic acids is 1. The summed E-state index contributed by atoms with van der Waals surface area (Å²) in [5, 5.41) is 10.0. The van der Waals surface area contributed by atoms with E-state index in [0.717, 1.165) is 44.9 Å². The van der Waals surface area contributed by atoms with Crippen LogP contribution in [0.15, 0.2) is 4.99 Å². The third kappa shape index (κ3) is 5.36. The minimum Gasteiger partial charge on any atom is -0.480 e. The Kier molecular flexibility index (Phi) is 8.24. The summed E-state index contributed by atoms with van der Waals surface area (Å²) in [6.07, 6.45) is 4.15. The smallest absolute Gasteiger partial charge is 0.327 e. The molecule has 0 aromatic heterocycles. The van der Waals surface area contributed by atoms with E-state index in [4.69, 9.17) is 0 Å². The van der Waals surface area contributed by atoms with Crippen molar-refractivity contribution >= 4 is 41.7 Å². The number of aliphatic imine (C=N–C) groups is 1. The fraction of sp³-hybridized carbons (Fsp3) is 0.864. The van der Waals surface area contributed by atoms with Gasteiger partial charge in [-0.25, -0.2) is 4.79 Å². The molecule has 9 heteroatoms. The Balaban J connectivity index is 1.43. The van der Waals surface area contributed by atoms with Crippen LogP contribution in [0.25, 0.3) is 0 Å². The van der Waals surface area contributed by atoms with Gasteiger partial charge in [-0.3, -0.25) is 9.79 Å². The van der Waals surface area contributed by atoms with Gasteiger partial charge in [-0.2, -0.15) is 11.8 Å². The molecular formula is C22H38N4O3S2.